The van der Waals surface area contributed by atoms with Crippen LogP contribution in [-0.4, -0.2) is 97.4 Å². The third-order valence-corrected chi connectivity index (χ3v) is 7.11. The zero-order valence-electron chi connectivity index (χ0n) is 21.1. The largest absolute Gasteiger partial charge is 0.510 e. The minimum atomic E-state index is -4.67. The summed E-state index contributed by atoms with van der Waals surface area (Å²) in [5.41, 5.74) is -0.711. The Balaban J connectivity index is 0.000000850. The van der Waals surface area contributed by atoms with E-state index in [1.807, 2.05) is 0 Å². The first-order chi connectivity index (χ1) is 18.8. The van der Waals surface area contributed by atoms with E-state index in [0.29, 0.717) is 0 Å². The maximum absolute atomic E-state index is 13.5. The van der Waals surface area contributed by atoms with E-state index in [-0.39, 0.29) is 24.8 Å². The minimum Gasteiger partial charge on any atom is -0.510 e. The fourth-order valence-corrected chi connectivity index (χ4v) is 5.64. The maximum atomic E-state index is 13.5. The number of fused-ring (bicyclic) bond motifs is 3. The molecular weight excluding hydrogens is 576 g/mol. The van der Waals surface area contributed by atoms with Gasteiger partial charge in [-0.15, -0.1) is 0 Å². The van der Waals surface area contributed by atoms with Crippen molar-refractivity contribution in [2.45, 2.75) is 24.5 Å². The molecule has 0 radical (unpaired) electrons. The molecule has 1 aromatic rings. The molecule has 0 saturated heterocycles. The molecule has 18 nitrogen and oxygen atoms in total. The molecule has 0 bridgehead atoms. The third kappa shape index (κ3) is 5.11. The van der Waals surface area contributed by atoms with E-state index in [1.165, 1.54) is 19.0 Å². The lowest BCUT2D eigenvalue weighted by Crippen LogP contribution is -2.63. The van der Waals surface area contributed by atoms with Gasteiger partial charge in [-0.2, -0.15) is 8.42 Å². The van der Waals surface area contributed by atoms with Gasteiger partial charge >= 0.3 is 10.4 Å². The molecule has 4 rings (SSSR count). The number of benzene rings is 1. The molecule has 4 atom stereocenters. The number of likely N-dealkylation sites (N-methyl/N-ethyl adjacent to an activating group) is 1. The molecule has 0 spiro atoms. The Morgan fingerprint density at radius 3 is 2.27 bits per heavy atom. The van der Waals surface area contributed by atoms with Gasteiger partial charge in [-0.05, 0) is 32.9 Å². The SMILES string of the molecule is CN(C)[C@@H]1C(O)=C(C(N)=O)C(=O)[C@@]2(O)C(O)=C3C(=O)c4c(O)c(NC=O)cc([N+](=O)[O-])c4CC3CC12.O=S(=O)(O)O. The van der Waals surface area contributed by atoms with Gasteiger partial charge in [-0.25, -0.2) is 0 Å². The van der Waals surface area contributed by atoms with E-state index in [0.717, 1.165) is 6.07 Å². The summed E-state index contributed by atoms with van der Waals surface area (Å²) in [6.45, 7) is 0. The van der Waals surface area contributed by atoms with Crippen LogP contribution in [0.5, 0.6) is 5.75 Å². The number of allylic oxidation sites excluding steroid dienone is 1. The number of nitro benzene ring substituents is 1. The molecule has 222 valence electrons. The van der Waals surface area contributed by atoms with Crippen LogP contribution in [0.4, 0.5) is 11.4 Å². The van der Waals surface area contributed by atoms with E-state index in [4.69, 9.17) is 23.3 Å². The summed E-state index contributed by atoms with van der Waals surface area (Å²) in [4.78, 5) is 62.0. The first kappa shape index (κ1) is 31.1. The van der Waals surface area contributed by atoms with Crippen LogP contribution in [-0.2, 0) is 31.2 Å². The second-order valence-corrected chi connectivity index (χ2v) is 10.5. The zero-order valence-corrected chi connectivity index (χ0v) is 21.9. The van der Waals surface area contributed by atoms with E-state index in [1.54, 1.807) is 0 Å². The molecule has 0 fully saturated rings. The molecule has 19 heteroatoms. The summed E-state index contributed by atoms with van der Waals surface area (Å²) in [6, 6.07) is -0.290. The highest BCUT2D eigenvalue weighted by Gasteiger charge is 2.63. The number of phenolic OH excluding ortho intramolecular Hbond substituents is 1. The van der Waals surface area contributed by atoms with Crippen molar-refractivity contribution in [2.75, 3.05) is 19.4 Å². The van der Waals surface area contributed by atoms with Crippen molar-refractivity contribution in [1.82, 2.24) is 4.90 Å². The summed E-state index contributed by atoms with van der Waals surface area (Å²) in [7, 11) is -1.70. The number of carbonyl (C=O) groups is 4. The first-order valence-corrected chi connectivity index (χ1v) is 12.8. The van der Waals surface area contributed by atoms with E-state index >= 15 is 0 Å². The van der Waals surface area contributed by atoms with Gasteiger partial charge in [-0.3, -0.25) is 43.3 Å². The Hall–Kier alpha value is -4.43. The van der Waals surface area contributed by atoms with Gasteiger partial charge in [0, 0.05) is 23.1 Å². The van der Waals surface area contributed by atoms with Crippen LogP contribution in [0.3, 0.4) is 0 Å². The summed E-state index contributed by atoms with van der Waals surface area (Å²) in [6.07, 6.45) is -0.323. The predicted molar refractivity (Wildman–Crippen MR) is 134 cm³/mol. The van der Waals surface area contributed by atoms with Crippen molar-refractivity contribution in [1.29, 1.82) is 0 Å². The number of aromatic hydroxyl groups is 1. The van der Waals surface area contributed by atoms with Crippen molar-refractivity contribution >= 4 is 45.7 Å². The van der Waals surface area contributed by atoms with Crippen LogP contribution in [0.25, 0.3) is 0 Å². The van der Waals surface area contributed by atoms with Crippen LogP contribution >= 0.6 is 0 Å². The number of phenols is 1. The van der Waals surface area contributed by atoms with Gasteiger partial charge in [0.2, 0.25) is 12.2 Å². The fraction of sp³-hybridized carbons (Fsp3) is 0.364. The summed E-state index contributed by atoms with van der Waals surface area (Å²) in [5, 5.41) is 57.8. The Morgan fingerprint density at radius 2 is 1.80 bits per heavy atom. The van der Waals surface area contributed by atoms with Crippen molar-refractivity contribution in [3.63, 3.8) is 0 Å². The second-order valence-electron chi connectivity index (χ2n) is 9.58. The highest BCUT2D eigenvalue weighted by atomic mass is 32.3. The van der Waals surface area contributed by atoms with E-state index < -0.39 is 102 Å². The predicted octanol–water partition coefficient (Wildman–Crippen LogP) is -1.06. The fourth-order valence-electron chi connectivity index (χ4n) is 5.64. The van der Waals surface area contributed by atoms with Crippen LogP contribution in [0.2, 0.25) is 0 Å². The standard InChI is InChI=1S/C22H22N4O10.H2O4S/c1-25(2)15-9-4-7-3-8-11(26(35)36)5-10(24-6-27)16(28)13(8)17(29)12(7)19(31)22(9,34)20(32)14(18(15)30)21(23)33;1-5(2,3)4/h5-7,9,15,28,30-31,34H,3-4H2,1-2H3,(H2,23,33)(H,24,27);(H2,1,2,3,4)/t7?,9?,15-,22-;/m0./s1. The van der Waals surface area contributed by atoms with Crippen molar-refractivity contribution in [3.8, 4) is 5.75 Å². The average molecular weight is 601 g/mol. The van der Waals surface area contributed by atoms with Crippen LogP contribution < -0.4 is 11.1 Å². The quantitative estimate of drug-likeness (QED) is 0.0499. The van der Waals surface area contributed by atoms with Crippen LogP contribution in [0.15, 0.2) is 28.7 Å². The topological polar surface area (TPSA) is 308 Å². The van der Waals surface area contributed by atoms with Gasteiger partial charge in [0.1, 0.15) is 17.1 Å². The zero-order chi connectivity index (χ0) is 31.4. The molecule has 0 saturated carbocycles. The highest BCUT2D eigenvalue weighted by molar-refractivity contribution is 7.79. The van der Waals surface area contributed by atoms with E-state index in [9.17, 15) is 49.7 Å². The average Bonchev–Trinajstić information content (AvgIpc) is 2.81. The highest BCUT2D eigenvalue weighted by Crippen LogP contribution is 2.53. The molecule has 41 heavy (non-hydrogen) atoms. The number of ketones is 2. The number of nitrogens with one attached hydrogen (secondary N) is 1. The Labute approximate surface area is 230 Å². The smallest absolute Gasteiger partial charge is 0.394 e. The lowest BCUT2D eigenvalue weighted by Gasteiger charge is -2.50. The second kappa shape index (κ2) is 10.5. The minimum absolute atomic E-state index is 0.137. The number of nitrogens with zero attached hydrogens (tertiary/aromatic N) is 2. The maximum Gasteiger partial charge on any atom is 0.394 e. The molecule has 2 unspecified atom stereocenters. The van der Waals surface area contributed by atoms with Gasteiger partial charge in [-0.1, -0.05) is 0 Å². The molecular formula is C22H24N4O14S. The third-order valence-electron chi connectivity index (χ3n) is 7.11. The molecule has 3 aliphatic rings. The first-order valence-electron chi connectivity index (χ1n) is 11.4. The molecule has 0 heterocycles. The van der Waals surface area contributed by atoms with E-state index in [2.05, 4.69) is 5.32 Å². The number of aliphatic hydroxyl groups is 3. The van der Waals surface area contributed by atoms with Gasteiger partial charge in [0.25, 0.3) is 11.6 Å². The number of aliphatic hydroxyl groups excluding tert-OH is 2. The lowest BCUT2D eigenvalue weighted by molar-refractivity contribution is -0.385. The molecule has 0 aromatic heterocycles. The molecule has 9 N–H and O–H groups in total. The number of amides is 2. The number of nitro groups is 1. The lowest BCUT2D eigenvalue weighted by atomic mass is 9.58. The number of Topliss-reactive ketones (excluding diaryl/α,β-unsaturated/α-hetero) is 2. The Kier molecular flexibility index (Phi) is 7.98. The van der Waals surface area contributed by atoms with Crippen LogP contribution in [0.1, 0.15) is 22.3 Å². The molecule has 0 aliphatic heterocycles. The van der Waals surface area contributed by atoms with Crippen molar-refractivity contribution < 1.29 is 62.1 Å². The molecule has 3 aliphatic carbocycles. The number of anilines is 1. The monoisotopic (exact) mass is 600 g/mol. The van der Waals surface area contributed by atoms with Crippen molar-refractivity contribution in [2.24, 2.45) is 17.6 Å². The number of primary amides is 1. The Morgan fingerprint density at radius 1 is 1.24 bits per heavy atom. The number of rotatable bonds is 5. The number of nitrogens with two attached hydrogens (primary N) is 1. The summed E-state index contributed by atoms with van der Waals surface area (Å²) >= 11 is 0. The van der Waals surface area contributed by atoms with Crippen LogP contribution in [0, 0.1) is 22.0 Å². The van der Waals surface area contributed by atoms with Crippen molar-refractivity contribution in [3.05, 3.63) is 50.0 Å². The normalized spacial score (nSPS) is 25.5. The Bertz CT molecular complexity index is 1560. The number of carbonyl (C=O) groups excluding carboxylic acids is 4. The number of hydrogen-bond acceptors (Lipinski definition) is 13. The molecule has 1 aromatic carbocycles. The summed E-state index contributed by atoms with van der Waals surface area (Å²) in [5.74, 6) is -8.69. The van der Waals surface area contributed by atoms with Gasteiger partial charge < -0.3 is 31.5 Å². The van der Waals surface area contributed by atoms with Gasteiger partial charge in [0.15, 0.2) is 17.1 Å². The van der Waals surface area contributed by atoms with Gasteiger partial charge in [0.05, 0.1) is 22.2 Å². The number of hydrogen-bond donors (Lipinski definition) is 8. The molecule has 2 amide bonds. The summed E-state index contributed by atoms with van der Waals surface area (Å²) < 4.78 is 31.6.